The van der Waals surface area contributed by atoms with Crippen LogP contribution in [0.25, 0.3) is 5.65 Å². The molecule has 7 nitrogen and oxygen atoms in total. The van der Waals surface area contributed by atoms with E-state index in [9.17, 15) is 18.0 Å². The lowest BCUT2D eigenvalue weighted by atomic mass is 10.2. The number of anilines is 2. The van der Waals surface area contributed by atoms with Crippen LogP contribution in [0.2, 0.25) is 0 Å². The zero-order valence-corrected chi connectivity index (χ0v) is 16.1. The first-order chi connectivity index (χ1) is 15.0. The van der Waals surface area contributed by atoms with Crippen LogP contribution in [0.15, 0.2) is 54.6 Å². The zero-order chi connectivity index (χ0) is 21.8. The van der Waals surface area contributed by atoms with Crippen LogP contribution in [-0.2, 0) is 17.8 Å². The van der Waals surface area contributed by atoms with Gasteiger partial charge in [0.2, 0.25) is 5.91 Å². The van der Waals surface area contributed by atoms with Crippen LogP contribution in [0.3, 0.4) is 0 Å². The van der Waals surface area contributed by atoms with Gasteiger partial charge in [-0.15, -0.1) is 15.3 Å². The van der Waals surface area contributed by atoms with Crippen molar-refractivity contribution in [1.82, 2.24) is 19.8 Å². The van der Waals surface area contributed by atoms with Gasteiger partial charge in [0.15, 0.2) is 23.1 Å². The molecule has 0 spiro atoms. The summed E-state index contributed by atoms with van der Waals surface area (Å²) in [5.74, 6) is -1.67. The average Bonchev–Trinajstić information content (AvgIpc) is 3.17. The lowest BCUT2D eigenvalue weighted by molar-refractivity contribution is -0.116. The lowest BCUT2D eigenvalue weighted by Gasteiger charge is -2.07. The molecule has 10 heteroatoms. The number of hydrogen-bond donors (Lipinski definition) is 2. The molecule has 4 aromatic rings. The van der Waals surface area contributed by atoms with Crippen LogP contribution in [0.5, 0.6) is 0 Å². The summed E-state index contributed by atoms with van der Waals surface area (Å²) in [6, 6.07) is 12.7. The van der Waals surface area contributed by atoms with Gasteiger partial charge in [0.25, 0.3) is 0 Å². The Labute approximate surface area is 174 Å². The van der Waals surface area contributed by atoms with Crippen LogP contribution in [0, 0.1) is 17.5 Å². The van der Waals surface area contributed by atoms with Crippen molar-refractivity contribution >= 4 is 23.1 Å². The smallest absolute Gasteiger partial charge is 0.224 e. The van der Waals surface area contributed by atoms with Gasteiger partial charge in [-0.25, -0.2) is 13.2 Å². The summed E-state index contributed by atoms with van der Waals surface area (Å²) in [7, 11) is 0. The number of benzene rings is 2. The van der Waals surface area contributed by atoms with Crippen molar-refractivity contribution in [2.24, 2.45) is 0 Å². The number of aryl methyl sites for hydroxylation is 1. The van der Waals surface area contributed by atoms with Gasteiger partial charge in [0.05, 0.1) is 0 Å². The first kappa shape index (κ1) is 20.3. The molecule has 0 radical (unpaired) electrons. The third-order valence-electron chi connectivity index (χ3n) is 4.49. The number of carbonyl (C=O) groups is 1. The number of aromatic nitrogens is 4. The number of carbonyl (C=O) groups excluding carboxylic acids is 1. The van der Waals surface area contributed by atoms with E-state index in [2.05, 4.69) is 25.9 Å². The normalized spacial score (nSPS) is 10.9. The van der Waals surface area contributed by atoms with E-state index in [0.717, 1.165) is 17.7 Å². The number of nitrogens with zero attached hydrogens (tertiary/aromatic N) is 4. The summed E-state index contributed by atoms with van der Waals surface area (Å²) in [5.41, 5.74) is 1.57. The Morgan fingerprint density at radius 3 is 2.52 bits per heavy atom. The standard InChI is InChI=1S/C21H17F3N6O/c22-14-3-1-13(2-4-14)12-25-18-7-8-19-27-28-20(30(19)29-18)9-10-21(31)26-15-5-6-16(23)17(24)11-15/h1-8,11H,9-10,12H2,(H,25,29)(H,26,31). The molecular weight excluding hydrogens is 409 g/mol. The number of rotatable bonds is 7. The first-order valence-corrected chi connectivity index (χ1v) is 9.42. The number of halogens is 3. The lowest BCUT2D eigenvalue weighted by Crippen LogP contribution is -2.14. The second-order valence-corrected chi connectivity index (χ2v) is 6.76. The number of fused-ring (bicyclic) bond motifs is 1. The third kappa shape index (κ3) is 4.97. The molecule has 2 aromatic carbocycles. The predicted molar refractivity (Wildman–Crippen MR) is 108 cm³/mol. The fraction of sp³-hybridized carbons (Fsp3) is 0.143. The number of nitrogens with one attached hydrogen (secondary N) is 2. The van der Waals surface area contributed by atoms with Gasteiger partial charge >= 0.3 is 0 Å². The summed E-state index contributed by atoms with van der Waals surface area (Å²) in [5, 5.41) is 18.2. The minimum absolute atomic E-state index is 0.0503. The van der Waals surface area contributed by atoms with Crippen molar-refractivity contribution in [2.45, 2.75) is 19.4 Å². The molecule has 31 heavy (non-hydrogen) atoms. The van der Waals surface area contributed by atoms with Crippen molar-refractivity contribution in [2.75, 3.05) is 10.6 Å². The molecule has 0 aliphatic carbocycles. The maximum absolute atomic E-state index is 13.3. The van der Waals surface area contributed by atoms with E-state index in [-0.39, 0.29) is 30.3 Å². The van der Waals surface area contributed by atoms with E-state index < -0.39 is 11.6 Å². The van der Waals surface area contributed by atoms with Crippen LogP contribution >= 0.6 is 0 Å². The van der Waals surface area contributed by atoms with Crippen LogP contribution in [0.4, 0.5) is 24.7 Å². The second kappa shape index (κ2) is 8.82. The molecule has 0 aliphatic rings. The van der Waals surface area contributed by atoms with Gasteiger partial charge in [0, 0.05) is 31.1 Å². The minimum atomic E-state index is -1.04. The van der Waals surface area contributed by atoms with E-state index >= 15 is 0 Å². The van der Waals surface area contributed by atoms with Crippen LogP contribution in [0.1, 0.15) is 17.8 Å². The Morgan fingerprint density at radius 1 is 0.935 bits per heavy atom. The summed E-state index contributed by atoms with van der Waals surface area (Å²) in [6.07, 6.45) is 0.291. The highest BCUT2D eigenvalue weighted by atomic mass is 19.2. The van der Waals surface area contributed by atoms with E-state index in [1.165, 1.54) is 22.7 Å². The van der Waals surface area contributed by atoms with Crippen molar-refractivity contribution in [3.8, 4) is 0 Å². The number of amides is 1. The van der Waals surface area contributed by atoms with Gasteiger partial charge in [-0.05, 0) is 42.0 Å². The Kier molecular flexibility index (Phi) is 5.78. The van der Waals surface area contributed by atoms with E-state index in [0.29, 0.717) is 23.8 Å². The fourth-order valence-corrected chi connectivity index (χ4v) is 2.90. The molecular formula is C21H17F3N6O. The fourth-order valence-electron chi connectivity index (χ4n) is 2.90. The van der Waals surface area contributed by atoms with Crippen molar-refractivity contribution < 1.29 is 18.0 Å². The number of hydrogen-bond acceptors (Lipinski definition) is 5. The average molecular weight is 426 g/mol. The molecule has 158 valence electrons. The van der Waals surface area contributed by atoms with Crippen molar-refractivity contribution in [3.05, 3.63) is 83.4 Å². The van der Waals surface area contributed by atoms with Gasteiger partial charge in [-0.3, -0.25) is 4.79 Å². The largest absolute Gasteiger partial charge is 0.365 e. The van der Waals surface area contributed by atoms with Crippen LogP contribution in [-0.4, -0.2) is 25.7 Å². The second-order valence-electron chi connectivity index (χ2n) is 6.76. The molecule has 0 fully saturated rings. The highest BCUT2D eigenvalue weighted by Gasteiger charge is 2.11. The van der Waals surface area contributed by atoms with E-state index in [4.69, 9.17) is 0 Å². The van der Waals surface area contributed by atoms with Gasteiger partial charge in [-0.1, -0.05) is 12.1 Å². The molecule has 2 heterocycles. The van der Waals surface area contributed by atoms with E-state index in [1.54, 1.807) is 24.3 Å². The molecule has 0 unspecified atom stereocenters. The summed E-state index contributed by atoms with van der Waals surface area (Å²) in [6.45, 7) is 0.451. The summed E-state index contributed by atoms with van der Waals surface area (Å²) >= 11 is 0. The monoisotopic (exact) mass is 426 g/mol. The van der Waals surface area contributed by atoms with Crippen LogP contribution < -0.4 is 10.6 Å². The molecule has 2 N–H and O–H groups in total. The highest BCUT2D eigenvalue weighted by Crippen LogP contribution is 2.14. The summed E-state index contributed by atoms with van der Waals surface area (Å²) < 4.78 is 40.8. The maximum Gasteiger partial charge on any atom is 0.224 e. The Balaban J connectivity index is 1.39. The maximum atomic E-state index is 13.3. The molecule has 0 atom stereocenters. The minimum Gasteiger partial charge on any atom is -0.365 e. The molecule has 0 saturated carbocycles. The first-order valence-electron chi connectivity index (χ1n) is 9.42. The molecule has 0 saturated heterocycles. The van der Waals surface area contributed by atoms with Gasteiger partial charge < -0.3 is 10.6 Å². The van der Waals surface area contributed by atoms with E-state index in [1.807, 2.05) is 0 Å². The SMILES string of the molecule is O=C(CCc1nnc2ccc(NCc3ccc(F)cc3)nn12)Nc1ccc(F)c(F)c1. The van der Waals surface area contributed by atoms with Gasteiger partial charge in [0.1, 0.15) is 11.6 Å². The van der Waals surface area contributed by atoms with Crippen molar-refractivity contribution in [3.63, 3.8) is 0 Å². The van der Waals surface area contributed by atoms with Crippen molar-refractivity contribution in [1.29, 1.82) is 0 Å². The topological polar surface area (TPSA) is 84.2 Å². The molecule has 2 aromatic heterocycles. The molecule has 0 bridgehead atoms. The predicted octanol–water partition coefficient (Wildman–Crippen LogP) is 3.73. The highest BCUT2D eigenvalue weighted by molar-refractivity contribution is 5.90. The molecule has 4 rings (SSSR count). The quantitative estimate of drug-likeness (QED) is 0.471. The molecule has 1 amide bonds. The summed E-state index contributed by atoms with van der Waals surface area (Å²) in [4.78, 5) is 12.1. The Morgan fingerprint density at radius 2 is 1.74 bits per heavy atom. The Bertz CT molecular complexity index is 1230. The van der Waals surface area contributed by atoms with Gasteiger partial charge in [-0.2, -0.15) is 4.52 Å². The third-order valence-corrected chi connectivity index (χ3v) is 4.49. The zero-order valence-electron chi connectivity index (χ0n) is 16.1. The molecule has 0 aliphatic heterocycles. The Hall–Kier alpha value is -3.95.